The molecule has 0 saturated heterocycles. The molecule has 4 aromatic rings. The lowest BCUT2D eigenvalue weighted by Gasteiger charge is -2.34. The first-order valence-corrected chi connectivity index (χ1v) is 13.1. The van der Waals surface area contributed by atoms with Crippen LogP contribution in [0.1, 0.15) is 60.3 Å². The van der Waals surface area contributed by atoms with Crippen molar-refractivity contribution in [2.75, 3.05) is 16.8 Å². The molecule has 3 aromatic carbocycles. The molecule has 7 nitrogen and oxygen atoms in total. The van der Waals surface area contributed by atoms with Crippen molar-refractivity contribution in [1.29, 1.82) is 0 Å². The standard InChI is InChI=1S/C31H34N4O3/c1-31(2,3)35(30(37)38)28-11-7-6-10-27(28)34-29(36)21-12-14-24-20(18-21)13-15-26(24)32-17-16-22-19-33-25-9-5-4-8-23(22)25/h4-12,14,18-19,26,32-33H,13,15-17H2,1-3H3,(H,34,36)(H,37,38). The Labute approximate surface area is 222 Å². The van der Waals surface area contributed by atoms with Gasteiger partial charge in [-0.25, -0.2) is 4.79 Å². The summed E-state index contributed by atoms with van der Waals surface area (Å²) in [6.07, 6.45) is 3.87. The Morgan fingerprint density at radius 3 is 2.61 bits per heavy atom. The lowest BCUT2D eigenvalue weighted by Crippen LogP contribution is -2.45. The smallest absolute Gasteiger partial charge is 0.412 e. The van der Waals surface area contributed by atoms with Crippen molar-refractivity contribution in [3.05, 3.63) is 95.2 Å². The van der Waals surface area contributed by atoms with Gasteiger partial charge in [0, 0.05) is 34.2 Å². The third-order valence-corrected chi connectivity index (χ3v) is 7.20. The summed E-state index contributed by atoms with van der Waals surface area (Å²) in [4.78, 5) is 29.8. The molecule has 0 bridgehead atoms. The average Bonchev–Trinajstić information content (AvgIpc) is 3.48. The molecule has 0 radical (unpaired) electrons. The summed E-state index contributed by atoms with van der Waals surface area (Å²) in [5.41, 5.74) is 5.70. The zero-order valence-corrected chi connectivity index (χ0v) is 22.0. The molecule has 1 atom stereocenters. The zero-order chi connectivity index (χ0) is 26.9. The van der Waals surface area contributed by atoms with E-state index in [0.717, 1.165) is 31.3 Å². The summed E-state index contributed by atoms with van der Waals surface area (Å²) >= 11 is 0. The molecule has 1 aromatic heterocycles. The maximum atomic E-state index is 13.2. The van der Waals surface area contributed by atoms with Crippen LogP contribution in [0.25, 0.3) is 10.9 Å². The number of carbonyl (C=O) groups excluding carboxylic acids is 1. The normalized spacial score (nSPS) is 14.9. The molecule has 5 rings (SSSR count). The zero-order valence-electron chi connectivity index (χ0n) is 22.0. The first-order valence-electron chi connectivity index (χ1n) is 13.1. The molecule has 1 aliphatic rings. The third-order valence-electron chi connectivity index (χ3n) is 7.20. The molecule has 1 unspecified atom stereocenters. The minimum absolute atomic E-state index is 0.254. The number of amides is 2. The number of H-pyrrole nitrogens is 1. The number of nitrogens with zero attached hydrogens (tertiary/aromatic N) is 1. The minimum atomic E-state index is -1.07. The molecule has 196 valence electrons. The van der Waals surface area contributed by atoms with E-state index < -0.39 is 11.6 Å². The number of aryl methyl sites for hydroxylation is 1. The van der Waals surface area contributed by atoms with Gasteiger partial charge in [-0.1, -0.05) is 36.4 Å². The molecule has 1 heterocycles. The first-order chi connectivity index (χ1) is 18.2. The lowest BCUT2D eigenvalue weighted by atomic mass is 10.0. The number of benzene rings is 3. The SMILES string of the molecule is CC(C)(C)N(C(=O)O)c1ccccc1NC(=O)c1ccc2c(c1)CCC2NCCc1c[nH]c2ccccc12. The Bertz CT molecular complexity index is 1480. The Kier molecular flexibility index (Phi) is 6.95. The first kappa shape index (κ1) is 25.5. The van der Waals surface area contributed by atoms with Gasteiger partial charge in [-0.3, -0.25) is 9.69 Å². The number of hydrogen-bond acceptors (Lipinski definition) is 3. The quantitative estimate of drug-likeness (QED) is 0.227. The Morgan fingerprint density at radius 2 is 1.82 bits per heavy atom. The van der Waals surface area contributed by atoms with E-state index in [1.807, 2.05) is 45.0 Å². The summed E-state index contributed by atoms with van der Waals surface area (Å²) in [6.45, 7) is 6.35. The van der Waals surface area contributed by atoms with Crippen LogP contribution in [0, 0.1) is 0 Å². The number of nitrogens with one attached hydrogen (secondary N) is 3. The van der Waals surface area contributed by atoms with Gasteiger partial charge in [0.15, 0.2) is 0 Å². The van der Waals surface area contributed by atoms with Gasteiger partial charge in [0.25, 0.3) is 5.91 Å². The molecule has 0 spiro atoms. The van der Waals surface area contributed by atoms with Gasteiger partial charge >= 0.3 is 6.09 Å². The molecule has 0 fully saturated rings. The van der Waals surface area contributed by atoms with Gasteiger partial charge in [0.05, 0.1) is 11.4 Å². The summed E-state index contributed by atoms with van der Waals surface area (Å²) in [5.74, 6) is -0.254. The van der Waals surface area contributed by atoms with E-state index in [4.69, 9.17) is 0 Å². The van der Waals surface area contributed by atoms with E-state index >= 15 is 0 Å². The largest absolute Gasteiger partial charge is 0.465 e. The van der Waals surface area contributed by atoms with E-state index in [-0.39, 0.29) is 11.9 Å². The Hall–Kier alpha value is -4.10. The maximum absolute atomic E-state index is 13.2. The van der Waals surface area contributed by atoms with Crippen LogP contribution in [0.4, 0.5) is 16.2 Å². The second kappa shape index (κ2) is 10.3. The number of rotatable bonds is 7. The van der Waals surface area contributed by atoms with Crippen molar-refractivity contribution in [3.8, 4) is 0 Å². The van der Waals surface area contributed by atoms with Gasteiger partial charge in [0.1, 0.15) is 0 Å². The maximum Gasteiger partial charge on any atom is 0.412 e. The number of fused-ring (bicyclic) bond motifs is 2. The fourth-order valence-electron chi connectivity index (χ4n) is 5.41. The Morgan fingerprint density at radius 1 is 1.05 bits per heavy atom. The van der Waals surface area contributed by atoms with Crippen LogP contribution in [0.5, 0.6) is 0 Å². The monoisotopic (exact) mass is 510 g/mol. The number of anilines is 2. The van der Waals surface area contributed by atoms with Crippen molar-refractivity contribution in [2.45, 2.75) is 51.6 Å². The average molecular weight is 511 g/mol. The van der Waals surface area contributed by atoms with Crippen molar-refractivity contribution in [3.63, 3.8) is 0 Å². The number of carboxylic acid groups (broad SMARTS) is 1. The van der Waals surface area contributed by atoms with Gasteiger partial charge in [-0.2, -0.15) is 0 Å². The van der Waals surface area contributed by atoms with E-state index in [9.17, 15) is 14.7 Å². The molecule has 38 heavy (non-hydrogen) atoms. The number of hydrogen-bond donors (Lipinski definition) is 4. The fraction of sp³-hybridized carbons (Fsp3) is 0.290. The molecule has 0 saturated carbocycles. The lowest BCUT2D eigenvalue weighted by molar-refractivity contribution is 0.102. The summed E-state index contributed by atoms with van der Waals surface area (Å²) in [5, 5.41) is 17.7. The van der Waals surface area contributed by atoms with Crippen LogP contribution >= 0.6 is 0 Å². The van der Waals surface area contributed by atoms with Crippen LogP contribution in [-0.2, 0) is 12.8 Å². The second-order valence-corrected chi connectivity index (χ2v) is 10.8. The molecule has 1 aliphatic carbocycles. The molecule has 2 amide bonds. The van der Waals surface area contributed by atoms with Gasteiger partial charge < -0.3 is 20.7 Å². The van der Waals surface area contributed by atoms with Crippen molar-refractivity contribution in [1.82, 2.24) is 10.3 Å². The van der Waals surface area contributed by atoms with E-state index in [1.165, 1.54) is 27.0 Å². The van der Waals surface area contributed by atoms with Crippen LogP contribution in [0.3, 0.4) is 0 Å². The topological polar surface area (TPSA) is 97.5 Å². The molecule has 7 heteroatoms. The molecule has 0 aliphatic heterocycles. The highest BCUT2D eigenvalue weighted by Gasteiger charge is 2.30. The van der Waals surface area contributed by atoms with Crippen LogP contribution in [0.2, 0.25) is 0 Å². The number of para-hydroxylation sites is 3. The molecular weight excluding hydrogens is 476 g/mol. The number of aromatic amines is 1. The van der Waals surface area contributed by atoms with Crippen LogP contribution in [-0.4, -0.2) is 34.2 Å². The van der Waals surface area contributed by atoms with Crippen molar-refractivity contribution >= 4 is 34.3 Å². The van der Waals surface area contributed by atoms with E-state index in [0.29, 0.717) is 16.9 Å². The van der Waals surface area contributed by atoms with Gasteiger partial charge in [-0.15, -0.1) is 0 Å². The highest BCUT2D eigenvalue weighted by Crippen LogP contribution is 2.34. The summed E-state index contributed by atoms with van der Waals surface area (Å²) in [6, 6.07) is 21.5. The minimum Gasteiger partial charge on any atom is -0.465 e. The summed E-state index contributed by atoms with van der Waals surface area (Å²) in [7, 11) is 0. The van der Waals surface area contributed by atoms with Crippen LogP contribution < -0.4 is 15.5 Å². The predicted octanol–water partition coefficient (Wildman–Crippen LogP) is 6.52. The van der Waals surface area contributed by atoms with E-state index in [1.54, 1.807) is 24.3 Å². The highest BCUT2D eigenvalue weighted by molar-refractivity contribution is 6.07. The predicted molar refractivity (Wildman–Crippen MR) is 152 cm³/mol. The van der Waals surface area contributed by atoms with Gasteiger partial charge in [0.2, 0.25) is 0 Å². The highest BCUT2D eigenvalue weighted by atomic mass is 16.4. The molecule has 4 N–H and O–H groups in total. The third kappa shape index (κ3) is 5.15. The Balaban J connectivity index is 1.26. The second-order valence-electron chi connectivity index (χ2n) is 10.8. The molecular formula is C31H34N4O3. The van der Waals surface area contributed by atoms with Crippen molar-refractivity contribution < 1.29 is 14.7 Å². The fourth-order valence-corrected chi connectivity index (χ4v) is 5.41. The van der Waals surface area contributed by atoms with Gasteiger partial charge in [-0.05, 0) is 93.6 Å². The summed E-state index contributed by atoms with van der Waals surface area (Å²) < 4.78 is 0. The van der Waals surface area contributed by atoms with E-state index in [2.05, 4.69) is 40.0 Å². The van der Waals surface area contributed by atoms with Crippen LogP contribution in [0.15, 0.2) is 72.9 Å². The number of aromatic nitrogens is 1. The van der Waals surface area contributed by atoms with Crippen molar-refractivity contribution in [2.24, 2.45) is 0 Å². The number of carbonyl (C=O) groups is 2.